The van der Waals surface area contributed by atoms with Gasteiger partial charge in [0.05, 0.1) is 23.0 Å². The third-order valence-corrected chi connectivity index (χ3v) is 6.57. The van der Waals surface area contributed by atoms with E-state index in [1.165, 1.54) is 22.5 Å². The second kappa shape index (κ2) is 9.00. The van der Waals surface area contributed by atoms with Gasteiger partial charge in [0, 0.05) is 26.2 Å². The van der Waals surface area contributed by atoms with Crippen molar-refractivity contribution in [2.75, 3.05) is 26.2 Å². The van der Waals surface area contributed by atoms with E-state index in [2.05, 4.69) is 33.4 Å². The Balaban J connectivity index is 1.36. The Bertz CT molecular complexity index is 930. The highest BCUT2D eigenvalue weighted by Crippen LogP contribution is 2.25. The van der Waals surface area contributed by atoms with Crippen LogP contribution >= 0.6 is 11.3 Å². The van der Waals surface area contributed by atoms with E-state index in [1.807, 2.05) is 24.6 Å². The van der Waals surface area contributed by atoms with E-state index in [0.29, 0.717) is 24.7 Å². The predicted molar refractivity (Wildman–Crippen MR) is 115 cm³/mol. The molecule has 29 heavy (non-hydrogen) atoms. The lowest BCUT2D eigenvalue weighted by Crippen LogP contribution is -2.36. The van der Waals surface area contributed by atoms with Gasteiger partial charge >= 0.3 is 0 Å². The van der Waals surface area contributed by atoms with Gasteiger partial charge in [-0.1, -0.05) is 17.3 Å². The molecule has 1 amide bonds. The first-order valence-electron chi connectivity index (χ1n) is 10.4. The van der Waals surface area contributed by atoms with Crippen molar-refractivity contribution in [2.45, 2.75) is 39.8 Å². The molecular formula is C21H28N6OS. The van der Waals surface area contributed by atoms with Crippen molar-refractivity contribution in [3.05, 3.63) is 41.2 Å². The summed E-state index contributed by atoms with van der Waals surface area (Å²) in [6.45, 7) is 9.16. The molecule has 4 rings (SSSR count). The van der Waals surface area contributed by atoms with Gasteiger partial charge in [0.25, 0.3) is 5.91 Å². The van der Waals surface area contributed by atoms with Gasteiger partial charge in [-0.05, 0) is 51.3 Å². The maximum atomic E-state index is 12.4. The van der Waals surface area contributed by atoms with Gasteiger partial charge in [-0.15, -0.1) is 16.4 Å². The number of fused-ring (bicyclic) bond motifs is 1. The molecule has 0 bridgehead atoms. The molecule has 1 fully saturated rings. The Morgan fingerprint density at radius 1 is 1.28 bits per heavy atom. The Morgan fingerprint density at radius 3 is 2.90 bits per heavy atom. The molecule has 0 radical (unpaired) electrons. The topological polar surface area (TPSA) is 67.2 Å². The van der Waals surface area contributed by atoms with Gasteiger partial charge in [-0.3, -0.25) is 14.4 Å². The first kappa shape index (κ1) is 20.0. The van der Waals surface area contributed by atoms with Gasteiger partial charge in [0.1, 0.15) is 5.01 Å². The maximum Gasteiger partial charge on any atom is 0.276 e. The lowest BCUT2D eigenvalue weighted by molar-refractivity contribution is 0.0767. The lowest BCUT2D eigenvalue weighted by atomic mass is 9.98. The van der Waals surface area contributed by atoms with E-state index >= 15 is 0 Å². The number of benzene rings is 1. The van der Waals surface area contributed by atoms with Crippen LogP contribution in [0.1, 0.15) is 42.2 Å². The number of piperidine rings is 1. The van der Waals surface area contributed by atoms with Crippen LogP contribution in [0.3, 0.4) is 0 Å². The van der Waals surface area contributed by atoms with Crippen molar-refractivity contribution in [3.63, 3.8) is 0 Å². The van der Waals surface area contributed by atoms with Crippen LogP contribution in [0.15, 0.2) is 30.5 Å². The van der Waals surface area contributed by atoms with Crippen LogP contribution in [0.4, 0.5) is 0 Å². The molecule has 0 saturated carbocycles. The normalized spacial score (nSPS) is 17.7. The molecule has 3 heterocycles. The zero-order valence-electron chi connectivity index (χ0n) is 17.1. The number of aromatic nitrogens is 4. The number of likely N-dealkylation sites (tertiary alicyclic amines) is 1. The second-order valence-corrected chi connectivity index (χ2v) is 8.74. The fourth-order valence-electron chi connectivity index (χ4n) is 4.05. The minimum atomic E-state index is -0.0395. The SMILES string of the molecule is CCN(CC)C(=O)c1cn(CC2CCCN(Cc3nc4ccccc4s3)C2)nn1. The second-order valence-electron chi connectivity index (χ2n) is 7.62. The number of nitrogens with zero attached hydrogens (tertiary/aromatic N) is 6. The summed E-state index contributed by atoms with van der Waals surface area (Å²) in [5.41, 5.74) is 1.53. The highest BCUT2D eigenvalue weighted by molar-refractivity contribution is 7.18. The number of hydrogen-bond acceptors (Lipinski definition) is 6. The predicted octanol–water partition coefficient (Wildman–Crippen LogP) is 3.28. The number of thiazole rings is 1. The highest BCUT2D eigenvalue weighted by atomic mass is 32.1. The van der Waals surface area contributed by atoms with Gasteiger partial charge in [0.15, 0.2) is 5.69 Å². The molecular weight excluding hydrogens is 384 g/mol. The summed E-state index contributed by atoms with van der Waals surface area (Å²) in [6.07, 6.45) is 4.15. The number of carbonyl (C=O) groups is 1. The smallest absolute Gasteiger partial charge is 0.276 e. The fourth-order valence-corrected chi connectivity index (χ4v) is 5.06. The zero-order chi connectivity index (χ0) is 20.2. The minimum Gasteiger partial charge on any atom is -0.338 e. The molecule has 0 spiro atoms. The first-order chi connectivity index (χ1) is 14.2. The van der Waals surface area contributed by atoms with Crippen LogP contribution < -0.4 is 0 Å². The monoisotopic (exact) mass is 412 g/mol. The molecule has 0 aliphatic carbocycles. The Morgan fingerprint density at radius 2 is 2.10 bits per heavy atom. The molecule has 1 saturated heterocycles. The van der Waals surface area contributed by atoms with Crippen molar-refractivity contribution in [1.29, 1.82) is 0 Å². The van der Waals surface area contributed by atoms with Crippen molar-refractivity contribution in [3.8, 4) is 0 Å². The molecule has 1 aliphatic heterocycles. The summed E-state index contributed by atoms with van der Waals surface area (Å²) in [4.78, 5) is 21.5. The molecule has 0 N–H and O–H groups in total. The third-order valence-electron chi connectivity index (χ3n) is 5.55. The van der Waals surface area contributed by atoms with E-state index < -0.39 is 0 Å². The van der Waals surface area contributed by atoms with Crippen LogP contribution in [0.25, 0.3) is 10.2 Å². The number of rotatable bonds is 7. The number of amides is 1. The molecule has 1 atom stereocenters. The van der Waals surface area contributed by atoms with Crippen molar-refractivity contribution in [2.24, 2.45) is 5.92 Å². The maximum absolute atomic E-state index is 12.4. The van der Waals surface area contributed by atoms with Gasteiger partial charge < -0.3 is 4.90 Å². The molecule has 1 aromatic carbocycles. The first-order valence-corrected chi connectivity index (χ1v) is 11.2. The van der Waals surface area contributed by atoms with Crippen LogP contribution in [0.2, 0.25) is 0 Å². The molecule has 1 unspecified atom stereocenters. The van der Waals surface area contributed by atoms with Crippen LogP contribution in [0, 0.1) is 5.92 Å². The van der Waals surface area contributed by atoms with Crippen LogP contribution in [0.5, 0.6) is 0 Å². The number of carbonyl (C=O) groups excluding carboxylic acids is 1. The van der Waals surface area contributed by atoms with Gasteiger partial charge in [-0.2, -0.15) is 0 Å². The largest absolute Gasteiger partial charge is 0.338 e. The van der Waals surface area contributed by atoms with E-state index in [4.69, 9.17) is 4.98 Å². The van der Waals surface area contributed by atoms with Gasteiger partial charge in [0.2, 0.25) is 0 Å². The molecule has 154 valence electrons. The summed E-state index contributed by atoms with van der Waals surface area (Å²) >= 11 is 1.79. The average molecular weight is 413 g/mol. The van der Waals surface area contributed by atoms with E-state index in [-0.39, 0.29) is 5.91 Å². The third kappa shape index (κ3) is 4.64. The molecule has 2 aromatic heterocycles. The Hall–Kier alpha value is -2.32. The minimum absolute atomic E-state index is 0.0395. The molecule has 8 heteroatoms. The summed E-state index contributed by atoms with van der Waals surface area (Å²) in [6, 6.07) is 8.33. The van der Waals surface area contributed by atoms with Crippen LogP contribution in [-0.4, -0.2) is 61.9 Å². The van der Waals surface area contributed by atoms with E-state index in [0.717, 1.165) is 31.7 Å². The fraction of sp³-hybridized carbons (Fsp3) is 0.524. The average Bonchev–Trinajstić information content (AvgIpc) is 3.35. The van der Waals surface area contributed by atoms with Crippen molar-refractivity contribution < 1.29 is 4.79 Å². The summed E-state index contributed by atoms with van der Waals surface area (Å²) in [5.74, 6) is 0.471. The summed E-state index contributed by atoms with van der Waals surface area (Å²) in [5, 5.41) is 9.50. The molecule has 1 aliphatic rings. The molecule has 3 aromatic rings. The zero-order valence-corrected chi connectivity index (χ0v) is 17.9. The lowest BCUT2D eigenvalue weighted by Gasteiger charge is -2.31. The summed E-state index contributed by atoms with van der Waals surface area (Å²) in [7, 11) is 0. The highest BCUT2D eigenvalue weighted by Gasteiger charge is 2.23. The van der Waals surface area contributed by atoms with E-state index in [1.54, 1.807) is 22.4 Å². The number of para-hydroxylation sites is 1. The summed E-state index contributed by atoms with van der Waals surface area (Å²) < 4.78 is 3.09. The van der Waals surface area contributed by atoms with E-state index in [9.17, 15) is 4.79 Å². The standard InChI is InChI=1S/C21H28N6OS/c1-3-26(4-2)21(28)18-14-27(24-23-18)13-16-8-7-11-25(12-16)15-20-22-17-9-5-6-10-19(17)29-20/h5-6,9-10,14,16H,3-4,7-8,11-13,15H2,1-2H3. The quantitative estimate of drug-likeness (QED) is 0.596. The Kier molecular flexibility index (Phi) is 6.20. The van der Waals surface area contributed by atoms with Crippen LogP contribution in [-0.2, 0) is 13.1 Å². The number of hydrogen-bond donors (Lipinski definition) is 0. The van der Waals surface area contributed by atoms with Crippen molar-refractivity contribution >= 4 is 27.5 Å². The van der Waals surface area contributed by atoms with Crippen molar-refractivity contribution in [1.82, 2.24) is 29.8 Å². The molecule has 7 nitrogen and oxygen atoms in total. The van der Waals surface area contributed by atoms with Gasteiger partial charge in [-0.25, -0.2) is 4.98 Å². The Labute approximate surface area is 175 Å².